The van der Waals surface area contributed by atoms with E-state index in [0.717, 1.165) is 12.8 Å². The Morgan fingerprint density at radius 2 is 2.22 bits per heavy atom. The second-order valence-corrected chi connectivity index (χ2v) is 4.25. The Bertz CT molecular complexity index is 338. The van der Waals surface area contributed by atoms with Crippen LogP contribution in [-0.2, 0) is 9.53 Å². The van der Waals surface area contributed by atoms with Gasteiger partial charge in [-0.3, -0.25) is 9.69 Å². The molecule has 2 atom stereocenters. The average molecular weight is 264 g/mol. The van der Waals surface area contributed by atoms with E-state index in [0.29, 0.717) is 13.0 Å². The van der Waals surface area contributed by atoms with Gasteiger partial charge >= 0.3 is 12.1 Å². The number of carbonyl (C=O) groups excluding carboxylic acids is 1. The molecule has 18 heavy (non-hydrogen) atoms. The predicted molar refractivity (Wildman–Crippen MR) is 56.4 cm³/mol. The van der Waals surface area contributed by atoms with Gasteiger partial charge in [-0.15, -0.1) is 0 Å². The maximum absolute atomic E-state index is 12.5. The van der Waals surface area contributed by atoms with E-state index in [1.54, 1.807) is 0 Å². The number of halogens is 3. The van der Waals surface area contributed by atoms with Crippen LogP contribution in [0, 0.1) is 17.2 Å². The molecule has 7 heteroatoms. The summed E-state index contributed by atoms with van der Waals surface area (Å²) in [6.45, 7) is -0.0895. The van der Waals surface area contributed by atoms with Gasteiger partial charge in [0.25, 0.3) is 0 Å². The molecule has 0 amide bonds. The number of carbonyl (C=O) groups is 1. The van der Waals surface area contributed by atoms with Crippen LogP contribution in [0.25, 0.3) is 0 Å². The lowest BCUT2D eigenvalue weighted by atomic mass is 10.00. The third-order valence-corrected chi connectivity index (χ3v) is 3.05. The first-order valence-electron chi connectivity index (χ1n) is 5.68. The fourth-order valence-electron chi connectivity index (χ4n) is 2.06. The van der Waals surface area contributed by atoms with Crippen LogP contribution in [-0.4, -0.2) is 43.3 Å². The number of likely N-dealkylation sites (tertiary alicyclic amines) is 1. The molecule has 1 aliphatic heterocycles. The number of hydrogen-bond donors (Lipinski definition) is 0. The van der Waals surface area contributed by atoms with Crippen LogP contribution in [0.15, 0.2) is 0 Å². The summed E-state index contributed by atoms with van der Waals surface area (Å²) in [6, 6.07) is 0.583. The molecule has 0 N–H and O–H groups in total. The fourth-order valence-corrected chi connectivity index (χ4v) is 2.06. The van der Waals surface area contributed by atoms with Crippen molar-refractivity contribution >= 4 is 5.97 Å². The highest BCUT2D eigenvalue weighted by Crippen LogP contribution is 2.28. The van der Waals surface area contributed by atoms with E-state index in [4.69, 9.17) is 5.26 Å². The van der Waals surface area contributed by atoms with Crippen molar-refractivity contribution in [1.82, 2.24) is 4.90 Å². The first-order chi connectivity index (χ1) is 8.40. The molecule has 0 saturated carbocycles. The molecule has 1 unspecified atom stereocenters. The van der Waals surface area contributed by atoms with Gasteiger partial charge in [-0.1, -0.05) is 6.42 Å². The van der Waals surface area contributed by atoms with Gasteiger partial charge in [0.05, 0.1) is 13.2 Å². The minimum absolute atomic E-state index is 0.383. The van der Waals surface area contributed by atoms with Gasteiger partial charge in [0, 0.05) is 6.54 Å². The molecule has 1 heterocycles. The molecule has 0 aromatic heterocycles. The van der Waals surface area contributed by atoms with Crippen LogP contribution in [0.4, 0.5) is 13.2 Å². The van der Waals surface area contributed by atoms with Crippen LogP contribution < -0.4 is 0 Å². The molecule has 0 radical (unpaired) electrons. The van der Waals surface area contributed by atoms with E-state index >= 15 is 0 Å². The number of alkyl halides is 3. The molecule has 0 aromatic rings. The highest BCUT2D eigenvalue weighted by molar-refractivity contribution is 5.75. The molecule has 1 saturated heterocycles. The van der Waals surface area contributed by atoms with Crippen LogP contribution in [0.5, 0.6) is 0 Å². The number of nitrogens with zero attached hydrogens (tertiary/aromatic N) is 2. The Labute approximate surface area is 103 Å². The molecule has 1 rings (SSSR count). The van der Waals surface area contributed by atoms with Crippen molar-refractivity contribution in [3.63, 3.8) is 0 Å². The van der Waals surface area contributed by atoms with Crippen molar-refractivity contribution in [3.05, 3.63) is 0 Å². The highest BCUT2D eigenvalue weighted by atomic mass is 19.4. The second-order valence-electron chi connectivity index (χ2n) is 4.25. The summed E-state index contributed by atoms with van der Waals surface area (Å²) in [7, 11) is 1.21. The second kappa shape index (κ2) is 6.05. The zero-order valence-electron chi connectivity index (χ0n) is 10.0. The SMILES string of the molecule is COC(=O)[C@H]1CCCCN1CC(C#N)C(F)(F)F. The van der Waals surface area contributed by atoms with Crippen LogP contribution in [0.3, 0.4) is 0 Å². The van der Waals surface area contributed by atoms with Gasteiger partial charge < -0.3 is 4.74 Å². The summed E-state index contributed by atoms with van der Waals surface area (Å²) in [6.07, 6.45) is -2.58. The van der Waals surface area contributed by atoms with Crippen LogP contribution in [0.2, 0.25) is 0 Å². The topological polar surface area (TPSA) is 53.3 Å². The first kappa shape index (κ1) is 14.8. The lowest BCUT2D eigenvalue weighted by Crippen LogP contribution is -2.48. The Balaban J connectivity index is 2.73. The van der Waals surface area contributed by atoms with Crippen molar-refractivity contribution < 1.29 is 22.7 Å². The largest absolute Gasteiger partial charge is 0.468 e. The van der Waals surface area contributed by atoms with E-state index in [-0.39, 0.29) is 0 Å². The fraction of sp³-hybridized carbons (Fsp3) is 0.818. The van der Waals surface area contributed by atoms with E-state index in [9.17, 15) is 18.0 Å². The van der Waals surface area contributed by atoms with Gasteiger partial charge in [0.15, 0.2) is 5.92 Å². The summed E-state index contributed by atoms with van der Waals surface area (Å²) in [5.41, 5.74) is 0. The number of rotatable bonds is 3. The molecule has 0 spiro atoms. The maximum Gasteiger partial charge on any atom is 0.405 e. The van der Waals surface area contributed by atoms with Gasteiger partial charge in [0.1, 0.15) is 6.04 Å². The van der Waals surface area contributed by atoms with Crippen molar-refractivity contribution in [2.45, 2.75) is 31.5 Å². The van der Waals surface area contributed by atoms with Gasteiger partial charge in [-0.2, -0.15) is 18.4 Å². The van der Waals surface area contributed by atoms with Crippen LogP contribution in [0.1, 0.15) is 19.3 Å². The number of methoxy groups -OCH3 is 1. The van der Waals surface area contributed by atoms with Crippen molar-refractivity contribution in [2.24, 2.45) is 5.92 Å². The standard InChI is InChI=1S/C11H15F3N2O2/c1-18-10(17)9-4-2-3-5-16(9)7-8(6-15)11(12,13)14/h8-9H,2-5,7H2,1H3/t8?,9-/m1/s1. The van der Waals surface area contributed by atoms with E-state index < -0.39 is 30.7 Å². The number of hydrogen-bond acceptors (Lipinski definition) is 4. The molecule has 4 nitrogen and oxygen atoms in total. The molecule has 102 valence electrons. The summed E-state index contributed by atoms with van der Waals surface area (Å²) in [5.74, 6) is -2.60. The van der Waals surface area contributed by atoms with Gasteiger partial charge in [0.2, 0.25) is 0 Å². The number of nitriles is 1. The number of piperidine rings is 1. The van der Waals surface area contributed by atoms with E-state index in [1.165, 1.54) is 18.1 Å². The monoisotopic (exact) mass is 264 g/mol. The first-order valence-corrected chi connectivity index (χ1v) is 5.68. The minimum atomic E-state index is -4.56. The Kier molecular flexibility index (Phi) is 4.96. The molecule has 1 aliphatic rings. The zero-order chi connectivity index (χ0) is 13.8. The maximum atomic E-state index is 12.5. The third-order valence-electron chi connectivity index (χ3n) is 3.05. The highest BCUT2D eigenvalue weighted by Gasteiger charge is 2.43. The van der Waals surface area contributed by atoms with E-state index in [1.807, 2.05) is 0 Å². The normalized spacial score (nSPS) is 23.2. The lowest BCUT2D eigenvalue weighted by molar-refractivity contribution is -0.169. The Morgan fingerprint density at radius 1 is 1.56 bits per heavy atom. The van der Waals surface area contributed by atoms with Crippen molar-refractivity contribution in [3.8, 4) is 6.07 Å². The summed E-state index contributed by atoms with van der Waals surface area (Å²) >= 11 is 0. The van der Waals surface area contributed by atoms with Gasteiger partial charge in [-0.05, 0) is 19.4 Å². The Hall–Kier alpha value is -1.29. The molecule has 0 bridgehead atoms. The van der Waals surface area contributed by atoms with Crippen LogP contribution >= 0.6 is 0 Å². The molecule has 0 aliphatic carbocycles. The van der Waals surface area contributed by atoms with Crippen molar-refractivity contribution in [1.29, 1.82) is 5.26 Å². The minimum Gasteiger partial charge on any atom is -0.468 e. The molecular weight excluding hydrogens is 249 g/mol. The van der Waals surface area contributed by atoms with E-state index in [2.05, 4.69) is 4.74 Å². The summed E-state index contributed by atoms with van der Waals surface area (Å²) in [4.78, 5) is 12.9. The lowest BCUT2D eigenvalue weighted by Gasteiger charge is -2.34. The predicted octanol–water partition coefficient (Wildman–Crippen LogP) is 1.72. The van der Waals surface area contributed by atoms with Gasteiger partial charge in [-0.25, -0.2) is 0 Å². The number of esters is 1. The number of ether oxygens (including phenoxy) is 1. The quantitative estimate of drug-likeness (QED) is 0.728. The smallest absolute Gasteiger partial charge is 0.405 e. The molecular formula is C11H15F3N2O2. The Morgan fingerprint density at radius 3 is 2.72 bits per heavy atom. The summed E-state index contributed by atoms with van der Waals surface area (Å²) in [5, 5.41) is 8.56. The third kappa shape index (κ3) is 3.60. The molecule has 1 fully saturated rings. The summed E-state index contributed by atoms with van der Waals surface area (Å²) < 4.78 is 42.1. The molecule has 0 aromatic carbocycles. The zero-order valence-corrected chi connectivity index (χ0v) is 10.0. The van der Waals surface area contributed by atoms with Crippen molar-refractivity contribution in [2.75, 3.05) is 20.2 Å². The average Bonchev–Trinajstić information content (AvgIpc) is 2.34.